The number of sulfone groups is 1. The number of benzene rings is 2. The van der Waals surface area contributed by atoms with Crippen molar-refractivity contribution in [3.05, 3.63) is 78.2 Å². The van der Waals surface area contributed by atoms with Gasteiger partial charge in [-0.3, -0.25) is 4.79 Å². The van der Waals surface area contributed by atoms with E-state index in [-0.39, 0.29) is 16.5 Å². The van der Waals surface area contributed by atoms with Crippen molar-refractivity contribution < 1.29 is 13.2 Å². The van der Waals surface area contributed by atoms with Gasteiger partial charge in [0.25, 0.3) is 5.91 Å². The van der Waals surface area contributed by atoms with Crippen molar-refractivity contribution in [1.82, 2.24) is 9.97 Å². The van der Waals surface area contributed by atoms with Crippen LogP contribution in [0.15, 0.2) is 71.9 Å². The number of nitrogens with zero attached hydrogens (tertiary/aromatic N) is 3. The second-order valence-electron chi connectivity index (χ2n) is 6.35. The van der Waals surface area contributed by atoms with E-state index in [1.165, 1.54) is 12.6 Å². The highest BCUT2D eigenvalue weighted by molar-refractivity contribution is 7.90. The molecule has 3 aromatic rings. The van der Waals surface area contributed by atoms with E-state index in [0.717, 1.165) is 5.56 Å². The Morgan fingerprint density at radius 2 is 1.71 bits per heavy atom. The average Bonchev–Trinajstić information content (AvgIpc) is 2.68. The summed E-state index contributed by atoms with van der Waals surface area (Å²) in [5, 5.41) is 2.79. The summed E-state index contributed by atoms with van der Waals surface area (Å²) in [7, 11) is -1.38. The van der Waals surface area contributed by atoms with Gasteiger partial charge in [-0.2, -0.15) is 0 Å². The zero-order valence-corrected chi connectivity index (χ0v) is 16.3. The van der Waals surface area contributed by atoms with Crippen molar-refractivity contribution in [2.24, 2.45) is 0 Å². The van der Waals surface area contributed by atoms with Crippen LogP contribution in [0, 0.1) is 0 Å². The first-order chi connectivity index (χ1) is 13.3. The van der Waals surface area contributed by atoms with Crippen LogP contribution in [-0.2, 0) is 16.4 Å². The lowest BCUT2D eigenvalue weighted by Crippen LogP contribution is -2.20. The molecule has 0 aliphatic carbocycles. The monoisotopic (exact) mass is 396 g/mol. The molecule has 8 heteroatoms. The molecule has 1 aromatic heterocycles. The van der Waals surface area contributed by atoms with Crippen molar-refractivity contribution in [1.29, 1.82) is 0 Å². The number of amides is 1. The Balaban J connectivity index is 1.71. The van der Waals surface area contributed by atoms with Gasteiger partial charge in [0.15, 0.2) is 9.84 Å². The van der Waals surface area contributed by atoms with Crippen molar-refractivity contribution in [2.75, 3.05) is 23.5 Å². The molecule has 1 amide bonds. The van der Waals surface area contributed by atoms with Gasteiger partial charge in [0.2, 0.25) is 0 Å². The Morgan fingerprint density at radius 3 is 2.36 bits per heavy atom. The molecule has 28 heavy (non-hydrogen) atoms. The maximum absolute atomic E-state index is 12.4. The minimum Gasteiger partial charge on any atom is -0.355 e. The summed E-state index contributed by atoms with van der Waals surface area (Å²) in [6.07, 6.45) is 2.52. The number of nitrogens with one attached hydrogen (secondary N) is 1. The van der Waals surface area contributed by atoms with Gasteiger partial charge in [-0.05, 0) is 29.8 Å². The van der Waals surface area contributed by atoms with E-state index in [1.54, 1.807) is 42.5 Å². The summed E-state index contributed by atoms with van der Waals surface area (Å²) >= 11 is 0. The smallest absolute Gasteiger partial charge is 0.274 e. The number of hydrogen-bond donors (Lipinski definition) is 1. The summed E-state index contributed by atoms with van der Waals surface area (Å²) in [5.74, 6) is 0.265. The standard InChI is InChI=1S/C20H20N4O3S/c1-24(13-15-8-10-17(11-9-15)28(2,26)27)19-12-18(21-14-22-19)20(25)23-16-6-4-3-5-7-16/h3-12,14H,13H2,1-2H3,(H,23,25). The van der Waals surface area contributed by atoms with Gasteiger partial charge in [0.1, 0.15) is 17.8 Å². The van der Waals surface area contributed by atoms with E-state index in [4.69, 9.17) is 0 Å². The summed E-state index contributed by atoms with van der Waals surface area (Å²) in [6.45, 7) is 0.501. The molecule has 0 bridgehead atoms. The Labute approximate surface area is 164 Å². The molecular formula is C20H20N4O3S. The Morgan fingerprint density at radius 1 is 1.04 bits per heavy atom. The first-order valence-electron chi connectivity index (χ1n) is 8.51. The van der Waals surface area contributed by atoms with Crippen molar-refractivity contribution >= 4 is 27.2 Å². The molecule has 3 rings (SSSR count). The normalized spacial score (nSPS) is 11.1. The van der Waals surface area contributed by atoms with E-state index in [1.807, 2.05) is 30.1 Å². The first kappa shape index (κ1) is 19.5. The summed E-state index contributed by atoms with van der Waals surface area (Å²) in [5.41, 5.74) is 1.86. The summed E-state index contributed by atoms with van der Waals surface area (Å²) < 4.78 is 23.1. The number of rotatable bonds is 6. The second-order valence-corrected chi connectivity index (χ2v) is 8.37. The van der Waals surface area contributed by atoms with Gasteiger partial charge in [-0.25, -0.2) is 18.4 Å². The van der Waals surface area contributed by atoms with E-state index in [9.17, 15) is 13.2 Å². The van der Waals surface area contributed by atoms with E-state index in [0.29, 0.717) is 18.1 Å². The molecule has 1 N–H and O–H groups in total. The average molecular weight is 396 g/mol. The molecule has 0 unspecified atom stereocenters. The zero-order chi connectivity index (χ0) is 20.1. The van der Waals surface area contributed by atoms with Crippen LogP contribution < -0.4 is 10.2 Å². The van der Waals surface area contributed by atoms with Gasteiger partial charge >= 0.3 is 0 Å². The van der Waals surface area contributed by atoms with E-state index < -0.39 is 9.84 Å². The predicted molar refractivity (Wildman–Crippen MR) is 108 cm³/mol. The largest absolute Gasteiger partial charge is 0.355 e. The van der Waals surface area contributed by atoms with E-state index in [2.05, 4.69) is 15.3 Å². The van der Waals surface area contributed by atoms with Crippen LogP contribution in [0.3, 0.4) is 0 Å². The SMILES string of the molecule is CN(Cc1ccc(S(C)(=O)=O)cc1)c1cc(C(=O)Nc2ccccc2)ncn1. The predicted octanol–water partition coefficient (Wildman–Crippen LogP) is 2.77. The Bertz CT molecular complexity index is 1070. The lowest BCUT2D eigenvalue weighted by atomic mass is 10.2. The summed E-state index contributed by atoms with van der Waals surface area (Å²) in [4.78, 5) is 22.8. The van der Waals surface area contributed by atoms with Crippen LogP contribution >= 0.6 is 0 Å². The minimum atomic E-state index is -3.22. The Hall–Kier alpha value is -3.26. The quantitative estimate of drug-likeness (QED) is 0.689. The fourth-order valence-electron chi connectivity index (χ4n) is 2.59. The molecular weight excluding hydrogens is 376 g/mol. The first-order valence-corrected chi connectivity index (χ1v) is 10.4. The lowest BCUT2D eigenvalue weighted by molar-refractivity contribution is 0.102. The maximum Gasteiger partial charge on any atom is 0.274 e. The number of hydrogen-bond acceptors (Lipinski definition) is 6. The van der Waals surface area contributed by atoms with Gasteiger partial charge in [-0.1, -0.05) is 30.3 Å². The lowest BCUT2D eigenvalue weighted by Gasteiger charge is -2.18. The molecule has 0 saturated heterocycles. The maximum atomic E-state index is 12.4. The molecule has 0 saturated carbocycles. The van der Waals surface area contributed by atoms with Gasteiger partial charge in [0, 0.05) is 31.6 Å². The van der Waals surface area contributed by atoms with Crippen LogP contribution in [-0.4, -0.2) is 37.6 Å². The molecule has 1 heterocycles. The van der Waals surface area contributed by atoms with Crippen molar-refractivity contribution in [2.45, 2.75) is 11.4 Å². The molecule has 0 aliphatic rings. The van der Waals surface area contributed by atoms with Crippen molar-refractivity contribution in [3.8, 4) is 0 Å². The topological polar surface area (TPSA) is 92.3 Å². The third-order valence-corrected chi connectivity index (χ3v) is 5.21. The van der Waals surface area contributed by atoms with Gasteiger partial charge < -0.3 is 10.2 Å². The molecule has 2 aromatic carbocycles. The molecule has 0 radical (unpaired) electrons. The molecule has 0 aliphatic heterocycles. The zero-order valence-electron chi connectivity index (χ0n) is 15.5. The van der Waals surface area contributed by atoms with Crippen LogP contribution in [0.4, 0.5) is 11.5 Å². The van der Waals surface area contributed by atoms with Gasteiger partial charge in [-0.15, -0.1) is 0 Å². The number of anilines is 2. The van der Waals surface area contributed by atoms with E-state index >= 15 is 0 Å². The number of carbonyl (C=O) groups is 1. The molecule has 144 valence electrons. The molecule has 0 spiro atoms. The second kappa shape index (κ2) is 8.18. The highest BCUT2D eigenvalue weighted by Crippen LogP contribution is 2.16. The number of aromatic nitrogens is 2. The molecule has 7 nitrogen and oxygen atoms in total. The third-order valence-electron chi connectivity index (χ3n) is 4.08. The van der Waals surface area contributed by atoms with Gasteiger partial charge in [0.05, 0.1) is 4.90 Å². The minimum absolute atomic E-state index is 0.258. The van der Waals surface area contributed by atoms with Crippen LogP contribution in [0.1, 0.15) is 16.1 Å². The Kier molecular flexibility index (Phi) is 5.70. The fourth-order valence-corrected chi connectivity index (χ4v) is 3.22. The number of carbonyl (C=O) groups excluding carboxylic acids is 1. The van der Waals surface area contributed by atoms with Crippen molar-refractivity contribution in [3.63, 3.8) is 0 Å². The van der Waals surface area contributed by atoms with Crippen LogP contribution in [0.2, 0.25) is 0 Å². The highest BCUT2D eigenvalue weighted by atomic mass is 32.2. The highest BCUT2D eigenvalue weighted by Gasteiger charge is 2.12. The fraction of sp³-hybridized carbons (Fsp3) is 0.150. The van der Waals surface area contributed by atoms with Crippen LogP contribution in [0.25, 0.3) is 0 Å². The number of para-hydroxylation sites is 1. The molecule has 0 atom stereocenters. The van der Waals surface area contributed by atoms with Crippen LogP contribution in [0.5, 0.6) is 0 Å². The third kappa shape index (κ3) is 4.92. The molecule has 0 fully saturated rings. The summed E-state index contributed by atoms with van der Waals surface area (Å²) in [6, 6.07) is 17.4.